The first-order chi connectivity index (χ1) is 23.8. The van der Waals surface area contributed by atoms with Crippen molar-refractivity contribution >= 4 is 5.97 Å². The maximum absolute atomic E-state index is 14.2. The average molecular weight is 749 g/mol. The number of aliphatic hydroxyl groups excluding tert-OH is 2. The minimum atomic E-state index is -1.80. The van der Waals surface area contributed by atoms with E-state index in [4.69, 9.17) is 28.4 Å². The van der Waals surface area contributed by atoms with Gasteiger partial charge in [0.05, 0.1) is 35.9 Å². The summed E-state index contributed by atoms with van der Waals surface area (Å²) in [5.41, 5.74) is -5.82. The van der Waals surface area contributed by atoms with E-state index < -0.39 is 95.5 Å². The molecule has 0 unspecified atom stereocenters. The van der Waals surface area contributed by atoms with Crippen molar-refractivity contribution in [3.63, 3.8) is 0 Å². The summed E-state index contributed by atoms with van der Waals surface area (Å²) in [6.45, 7) is 19.5. The Morgan fingerprint density at radius 1 is 0.942 bits per heavy atom. The van der Waals surface area contributed by atoms with Crippen molar-refractivity contribution in [3.8, 4) is 0 Å². The Morgan fingerprint density at radius 3 is 2.12 bits per heavy atom. The second-order valence-corrected chi connectivity index (χ2v) is 17.2. The second-order valence-electron chi connectivity index (χ2n) is 17.2. The molecular formula is C38H72N2O12. The molecule has 0 bridgehead atoms. The molecule has 0 aromatic heterocycles. The number of likely N-dealkylation sites (N-methyl/N-ethyl adjacent to an activating group) is 1. The van der Waals surface area contributed by atoms with Crippen LogP contribution in [0.25, 0.3) is 0 Å². The number of carbonyl (C=O) groups is 1. The molecule has 3 fully saturated rings. The van der Waals surface area contributed by atoms with Crippen molar-refractivity contribution in [2.24, 2.45) is 17.8 Å². The van der Waals surface area contributed by atoms with Gasteiger partial charge < -0.3 is 64.2 Å². The third-order valence-electron chi connectivity index (χ3n) is 12.5. The fraction of sp³-hybridized carbons (Fsp3) is 0.974. The lowest BCUT2D eigenvalue weighted by atomic mass is 9.76. The Bertz CT molecular complexity index is 1160. The van der Waals surface area contributed by atoms with E-state index in [0.29, 0.717) is 13.0 Å². The summed E-state index contributed by atoms with van der Waals surface area (Å²) < 4.78 is 37.7. The molecule has 0 aromatic carbocycles. The van der Waals surface area contributed by atoms with Gasteiger partial charge in [-0.3, -0.25) is 4.79 Å². The van der Waals surface area contributed by atoms with Crippen LogP contribution in [0, 0.1) is 17.8 Å². The summed E-state index contributed by atoms with van der Waals surface area (Å²) in [6, 6.07) is -0.864. The maximum atomic E-state index is 14.2. The lowest BCUT2D eigenvalue weighted by molar-refractivity contribution is -0.334. The van der Waals surface area contributed by atoms with E-state index in [1.54, 1.807) is 48.5 Å². The SMILES string of the molecule is CC[C@H]1OC(=O)[C@H](C)[C@@H](O[C@H]2C[C@@](C)(OC)[C@](C)(O)[C@H](C)O2)[C@H](C)[C@@H](O[C@@H]2O[C@H](C)C[C@H](N(C)C)[C@H]2O)[C@](C)(O)C[C@@H](C)CN[C@H](C)[C@@H](O)[C@]1(C)O. The monoisotopic (exact) mass is 749 g/mol. The fourth-order valence-electron chi connectivity index (χ4n) is 8.50. The van der Waals surface area contributed by atoms with Crippen LogP contribution in [-0.4, -0.2) is 154 Å². The Hall–Kier alpha value is -1.01. The highest BCUT2D eigenvalue weighted by molar-refractivity contribution is 5.73. The molecule has 3 saturated heterocycles. The van der Waals surface area contributed by atoms with Crippen molar-refractivity contribution in [1.29, 1.82) is 0 Å². The van der Waals surface area contributed by atoms with Crippen LogP contribution in [0.2, 0.25) is 0 Å². The Morgan fingerprint density at radius 2 is 1.56 bits per heavy atom. The molecule has 3 rings (SSSR count). The zero-order valence-corrected chi connectivity index (χ0v) is 34.2. The van der Waals surface area contributed by atoms with Gasteiger partial charge in [-0.1, -0.05) is 20.8 Å². The number of nitrogens with zero attached hydrogens (tertiary/aromatic N) is 1. The van der Waals surface area contributed by atoms with Crippen LogP contribution in [0.1, 0.15) is 102 Å². The highest BCUT2D eigenvalue weighted by Crippen LogP contribution is 2.43. The highest BCUT2D eigenvalue weighted by Gasteiger charge is 2.56. The van der Waals surface area contributed by atoms with Crippen molar-refractivity contribution in [3.05, 3.63) is 0 Å². The van der Waals surface area contributed by atoms with Gasteiger partial charge >= 0.3 is 5.97 Å². The summed E-state index contributed by atoms with van der Waals surface area (Å²) in [4.78, 5) is 16.1. The van der Waals surface area contributed by atoms with Crippen molar-refractivity contribution in [2.45, 2.75) is 192 Å². The molecule has 3 aliphatic rings. The van der Waals surface area contributed by atoms with Gasteiger partial charge in [-0.15, -0.1) is 0 Å². The number of ether oxygens (including phenoxy) is 6. The molecule has 0 aliphatic carbocycles. The van der Waals surface area contributed by atoms with Crippen LogP contribution in [0.3, 0.4) is 0 Å². The molecule has 0 radical (unpaired) electrons. The zero-order chi connectivity index (χ0) is 39.7. The standard InChI is InChI=1S/C38H72N2O12/c1-15-27-37(10,45)31(42)24(6)39-19-20(2)17-35(8,44)32(52-34-29(41)26(40(12)13)16-21(3)48-34)22(4)30(23(5)33(43)50-27)51-28-18-36(9,47-14)38(11,46)25(7)49-28/h20-32,34,39,41-42,44-46H,15-19H2,1-14H3/t20-,21-,22+,23-,24-,25+,26+,27-,28+,29-,30+,31-,32-,34+,35-,36-,37-,38-/m1/s1. The van der Waals surface area contributed by atoms with E-state index in [1.165, 1.54) is 14.0 Å². The number of rotatable bonds is 7. The molecule has 14 heteroatoms. The minimum Gasteiger partial charge on any atom is -0.459 e. The van der Waals surface area contributed by atoms with Gasteiger partial charge in [0.25, 0.3) is 0 Å². The number of carbonyl (C=O) groups excluding carboxylic acids is 1. The van der Waals surface area contributed by atoms with E-state index in [0.717, 1.165) is 0 Å². The zero-order valence-electron chi connectivity index (χ0n) is 34.2. The summed E-state index contributed by atoms with van der Waals surface area (Å²) in [5, 5.41) is 61.5. The van der Waals surface area contributed by atoms with E-state index in [1.807, 2.05) is 39.8 Å². The predicted molar refractivity (Wildman–Crippen MR) is 194 cm³/mol. The fourth-order valence-corrected chi connectivity index (χ4v) is 8.50. The van der Waals surface area contributed by atoms with Crippen LogP contribution in [0.4, 0.5) is 0 Å². The smallest absolute Gasteiger partial charge is 0.311 e. The summed E-state index contributed by atoms with van der Waals surface area (Å²) in [5.74, 6) is -2.63. The minimum absolute atomic E-state index is 0.110. The van der Waals surface area contributed by atoms with Crippen LogP contribution in [-0.2, 0) is 33.2 Å². The maximum Gasteiger partial charge on any atom is 0.311 e. The summed E-state index contributed by atoms with van der Waals surface area (Å²) in [7, 11) is 5.27. The van der Waals surface area contributed by atoms with Gasteiger partial charge in [0.15, 0.2) is 12.6 Å². The molecular weight excluding hydrogens is 676 g/mol. The van der Waals surface area contributed by atoms with Crippen LogP contribution in [0.15, 0.2) is 0 Å². The first-order valence-corrected chi connectivity index (χ1v) is 19.1. The molecule has 0 spiro atoms. The Kier molecular flexibility index (Phi) is 15.2. The first kappa shape index (κ1) is 45.4. The number of hydrogen-bond donors (Lipinski definition) is 6. The molecule has 3 aliphatic heterocycles. The van der Waals surface area contributed by atoms with Gasteiger partial charge in [-0.05, 0) is 101 Å². The highest BCUT2D eigenvalue weighted by atomic mass is 16.7. The number of esters is 1. The van der Waals surface area contributed by atoms with Gasteiger partial charge in [0, 0.05) is 31.5 Å². The largest absolute Gasteiger partial charge is 0.459 e. The Balaban J connectivity index is 2.16. The average Bonchev–Trinajstić information content (AvgIpc) is 3.05. The van der Waals surface area contributed by atoms with Gasteiger partial charge in [0.1, 0.15) is 35.1 Å². The van der Waals surface area contributed by atoms with Crippen molar-refractivity contribution < 1.29 is 58.7 Å². The van der Waals surface area contributed by atoms with Gasteiger partial charge in [-0.25, -0.2) is 0 Å². The third kappa shape index (κ3) is 9.67. The number of hydrogen-bond acceptors (Lipinski definition) is 14. The summed E-state index contributed by atoms with van der Waals surface area (Å²) in [6.07, 6.45) is -7.42. The van der Waals surface area contributed by atoms with Crippen LogP contribution in [0.5, 0.6) is 0 Å². The molecule has 0 aromatic rings. The van der Waals surface area contributed by atoms with E-state index in [-0.39, 0.29) is 37.3 Å². The number of nitrogens with one attached hydrogen (secondary N) is 1. The quantitative estimate of drug-likeness (QED) is 0.207. The lowest BCUT2D eigenvalue weighted by Gasteiger charge is -2.52. The van der Waals surface area contributed by atoms with E-state index in [9.17, 15) is 30.3 Å². The molecule has 6 N–H and O–H groups in total. The van der Waals surface area contributed by atoms with Crippen LogP contribution >= 0.6 is 0 Å². The molecule has 306 valence electrons. The first-order valence-electron chi connectivity index (χ1n) is 19.1. The third-order valence-corrected chi connectivity index (χ3v) is 12.5. The lowest BCUT2D eigenvalue weighted by Crippen LogP contribution is -2.65. The second kappa shape index (κ2) is 17.4. The molecule has 3 heterocycles. The predicted octanol–water partition coefficient (Wildman–Crippen LogP) is 1.95. The molecule has 0 amide bonds. The van der Waals surface area contributed by atoms with Crippen molar-refractivity contribution in [1.82, 2.24) is 10.2 Å². The Labute approximate surface area is 311 Å². The molecule has 0 saturated carbocycles. The van der Waals surface area contributed by atoms with E-state index >= 15 is 0 Å². The molecule has 14 nitrogen and oxygen atoms in total. The topological polar surface area (TPSA) is 189 Å². The van der Waals surface area contributed by atoms with E-state index in [2.05, 4.69) is 5.32 Å². The molecule has 18 atom stereocenters. The number of cyclic esters (lactones) is 1. The molecule has 52 heavy (non-hydrogen) atoms. The van der Waals surface area contributed by atoms with Crippen molar-refractivity contribution in [2.75, 3.05) is 27.7 Å². The van der Waals surface area contributed by atoms with Crippen LogP contribution < -0.4 is 5.32 Å². The number of methoxy groups -OCH3 is 1. The van der Waals surface area contributed by atoms with Gasteiger partial charge in [0.2, 0.25) is 0 Å². The number of aliphatic hydroxyl groups is 5. The van der Waals surface area contributed by atoms with Gasteiger partial charge in [-0.2, -0.15) is 0 Å². The summed E-state index contributed by atoms with van der Waals surface area (Å²) >= 11 is 0. The normalized spacial score (nSPS) is 50.7.